The maximum atomic E-state index is 13.6. The average molecular weight is 446 g/mol. The normalized spacial score (nSPS) is 15.2. The minimum absolute atomic E-state index is 0.126. The van der Waals surface area contributed by atoms with Gasteiger partial charge in [-0.3, -0.25) is 9.59 Å². The smallest absolute Gasteiger partial charge is 0.291 e. The van der Waals surface area contributed by atoms with E-state index >= 15 is 0 Å². The van der Waals surface area contributed by atoms with Crippen LogP contribution in [0.2, 0.25) is 0 Å². The van der Waals surface area contributed by atoms with Crippen molar-refractivity contribution < 1.29 is 13.9 Å². The maximum absolute atomic E-state index is 13.6. The predicted molar refractivity (Wildman–Crippen MR) is 131 cm³/mol. The van der Waals surface area contributed by atoms with Crippen LogP contribution in [0.15, 0.2) is 58.3 Å². The lowest BCUT2D eigenvalue weighted by atomic mass is 9.97. The summed E-state index contributed by atoms with van der Waals surface area (Å²) in [6, 6.07) is 10.9. The van der Waals surface area contributed by atoms with Crippen molar-refractivity contribution in [3.8, 4) is 5.75 Å². The Kier molecular flexibility index (Phi) is 6.68. The number of aryl methyl sites for hydroxylation is 2. The Hall–Kier alpha value is -3.34. The van der Waals surface area contributed by atoms with Crippen molar-refractivity contribution in [2.75, 3.05) is 13.2 Å². The van der Waals surface area contributed by atoms with E-state index in [9.17, 15) is 9.59 Å². The second kappa shape index (κ2) is 9.65. The van der Waals surface area contributed by atoms with Gasteiger partial charge in [0.25, 0.3) is 5.91 Å². The Labute approximate surface area is 194 Å². The molecule has 0 fully saturated rings. The molecule has 0 aliphatic carbocycles. The minimum atomic E-state index is -0.523. The van der Waals surface area contributed by atoms with Crippen molar-refractivity contribution in [3.05, 3.63) is 87.3 Å². The third-order valence-corrected chi connectivity index (χ3v) is 6.20. The van der Waals surface area contributed by atoms with Crippen LogP contribution in [0.4, 0.5) is 0 Å². The van der Waals surface area contributed by atoms with Crippen molar-refractivity contribution in [1.82, 2.24) is 4.90 Å². The van der Waals surface area contributed by atoms with E-state index in [1.807, 2.05) is 50.2 Å². The number of carbonyl (C=O) groups is 1. The minimum Gasteiger partial charge on any atom is -0.494 e. The van der Waals surface area contributed by atoms with E-state index in [1.165, 1.54) is 12.8 Å². The van der Waals surface area contributed by atoms with Crippen molar-refractivity contribution in [3.63, 3.8) is 0 Å². The number of amides is 1. The molecule has 0 spiro atoms. The second-order valence-corrected chi connectivity index (χ2v) is 8.76. The third kappa shape index (κ3) is 4.32. The Bertz CT molecular complexity index is 1240. The number of benzene rings is 2. The van der Waals surface area contributed by atoms with Crippen LogP contribution in [-0.4, -0.2) is 24.0 Å². The van der Waals surface area contributed by atoms with E-state index in [0.29, 0.717) is 29.7 Å². The van der Waals surface area contributed by atoms with Crippen LogP contribution >= 0.6 is 0 Å². The fourth-order valence-corrected chi connectivity index (χ4v) is 4.65. The van der Waals surface area contributed by atoms with Gasteiger partial charge in [-0.15, -0.1) is 6.58 Å². The van der Waals surface area contributed by atoms with Crippen LogP contribution in [-0.2, 0) is 0 Å². The lowest BCUT2D eigenvalue weighted by Gasteiger charge is -2.24. The molecule has 5 heteroatoms. The number of carbonyl (C=O) groups excluding carboxylic acids is 1. The molecule has 0 saturated carbocycles. The van der Waals surface area contributed by atoms with Gasteiger partial charge < -0.3 is 14.1 Å². The number of nitrogens with zero attached hydrogens (tertiary/aromatic N) is 1. The highest BCUT2D eigenvalue weighted by Crippen LogP contribution is 2.39. The highest BCUT2D eigenvalue weighted by molar-refractivity contribution is 5.99. The summed E-state index contributed by atoms with van der Waals surface area (Å²) in [5, 5.41) is 0.532. The van der Waals surface area contributed by atoms with E-state index in [4.69, 9.17) is 9.15 Å². The lowest BCUT2D eigenvalue weighted by molar-refractivity contribution is 0.0748. The standard InChI is InChI=1S/C28H31NO4/c1-5-7-8-9-15-32-21-12-10-20(11-13-21)25-24-26(30)23-19(4)16-18(3)17-22(23)33-27(24)28(31)29(25)14-6-2/h6,10-13,16-17,25H,2,5,7-9,14-15H2,1,3-4H3. The monoisotopic (exact) mass is 445 g/mol. The van der Waals surface area contributed by atoms with E-state index in [0.717, 1.165) is 35.3 Å². The molecule has 5 nitrogen and oxygen atoms in total. The Morgan fingerprint density at radius 3 is 2.55 bits per heavy atom. The first kappa shape index (κ1) is 22.8. The highest BCUT2D eigenvalue weighted by atomic mass is 16.5. The largest absolute Gasteiger partial charge is 0.494 e. The van der Waals surface area contributed by atoms with Gasteiger partial charge in [0.15, 0.2) is 5.43 Å². The predicted octanol–water partition coefficient (Wildman–Crippen LogP) is 6.10. The number of rotatable bonds is 9. The molecule has 172 valence electrons. The summed E-state index contributed by atoms with van der Waals surface area (Å²) in [7, 11) is 0. The summed E-state index contributed by atoms with van der Waals surface area (Å²) in [6.45, 7) is 10.8. The molecule has 1 atom stereocenters. The van der Waals surface area contributed by atoms with Gasteiger partial charge in [-0.1, -0.05) is 50.5 Å². The van der Waals surface area contributed by atoms with Gasteiger partial charge >= 0.3 is 0 Å². The number of fused-ring (bicyclic) bond motifs is 2. The summed E-state index contributed by atoms with van der Waals surface area (Å²) in [5.41, 5.74) is 3.38. The fraction of sp³-hybridized carbons (Fsp3) is 0.357. The number of ether oxygens (including phenoxy) is 1. The molecule has 2 aromatic carbocycles. The van der Waals surface area contributed by atoms with Crippen LogP contribution < -0.4 is 10.2 Å². The van der Waals surface area contributed by atoms with Crippen LogP contribution in [0.5, 0.6) is 5.75 Å². The molecule has 1 unspecified atom stereocenters. The van der Waals surface area contributed by atoms with Gasteiger partial charge in [0.2, 0.25) is 5.76 Å². The Balaban J connectivity index is 1.72. The maximum Gasteiger partial charge on any atom is 0.291 e. The van der Waals surface area contributed by atoms with Gasteiger partial charge in [-0.2, -0.15) is 0 Å². The molecule has 1 aromatic heterocycles. The zero-order valence-corrected chi connectivity index (χ0v) is 19.6. The van der Waals surface area contributed by atoms with Gasteiger partial charge in [0, 0.05) is 6.54 Å². The van der Waals surface area contributed by atoms with Crippen molar-refractivity contribution in [2.45, 2.75) is 52.5 Å². The molecule has 0 N–H and O–H groups in total. The number of hydrogen-bond acceptors (Lipinski definition) is 4. The van der Waals surface area contributed by atoms with Gasteiger partial charge in [0.05, 0.1) is 23.6 Å². The summed E-state index contributed by atoms with van der Waals surface area (Å²) in [5.74, 6) is 0.622. The number of unbranched alkanes of at least 4 members (excludes halogenated alkanes) is 3. The average Bonchev–Trinajstić information content (AvgIpc) is 3.06. The van der Waals surface area contributed by atoms with Gasteiger partial charge in [0.1, 0.15) is 11.3 Å². The van der Waals surface area contributed by atoms with Crippen molar-refractivity contribution in [1.29, 1.82) is 0 Å². The van der Waals surface area contributed by atoms with E-state index in [2.05, 4.69) is 13.5 Å². The molecule has 0 bridgehead atoms. The Morgan fingerprint density at radius 1 is 1.09 bits per heavy atom. The molecular weight excluding hydrogens is 414 g/mol. The first-order chi connectivity index (χ1) is 16.0. The first-order valence-electron chi connectivity index (χ1n) is 11.7. The van der Waals surface area contributed by atoms with Gasteiger partial charge in [-0.25, -0.2) is 0 Å². The van der Waals surface area contributed by atoms with E-state index in [1.54, 1.807) is 11.0 Å². The van der Waals surface area contributed by atoms with Crippen LogP contribution in [0.3, 0.4) is 0 Å². The van der Waals surface area contributed by atoms with E-state index in [-0.39, 0.29) is 17.1 Å². The summed E-state index contributed by atoms with van der Waals surface area (Å²) in [6.07, 6.45) is 6.27. The summed E-state index contributed by atoms with van der Waals surface area (Å²) >= 11 is 0. The first-order valence-corrected chi connectivity index (χ1v) is 11.7. The van der Waals surface area contributed by atoms with Crippen LogP contribution in [0.1, 0.15) is 71.5 Å². The number of hydrogen-bond donors (Lipinski definition) is 0. The highest BCUT2D eigenvalue weighted by Gasteiger charge is 2.42. The zero-order valence-electron chi connectivity index (χ0n) is 19.6. The fourth-order valence-electron chi connectivity index (χ4n) is 4.65. The van der Waals surface area contributed by atoms with Crippen LogP contribution in [0.25, 0.3) is 11.0 Å². The SMILES string of the molecule is C=CCN1C(=O)c2oc3cc(C)cc(C)c3c(=O)c2C1c1ccc(OCCCCCC)cc1. The Morgan fingerprint density at radius 2 is 1.85 bits per heavy atom. The topological polar surface area (TPSA) is 59.8 Å². The molecule has 0 radical (unpaired) electrons. The molecule has 1 amide bonds. The molecule has 3 aromatic rings. The van der Waals surface area contributed by atoms with Crippen LogP contribution in [0, 0.1) is 13.8 Å². The quantitative estimate of drug-likeness (QED) is 0.295. The van der Waals surface area contributed by atoms with Crippen molar-refractivity contribution >= 4 is 16.9 Å². The molecule has 1 aliphatic rings. The third-order valence-electron chi connectivity index (χ3n) is 6.20. The summed E-state index contributed by atoms with van der Waals surface area (Å²) < 4.78 is 11.9. The summed E-state index contributed by atoms with van der Waals surface area (Å²) in [4.78, 5) is 28.5. The molecule has 33 heavy (non-hydrogen) atoms. The van der Waals surface area contributed by atoms with Crippen molar-refractivity contribution in [2.24, 2.45) is 0 Å². The van der Waals surface area contributed by atoms with Gasteiger partial charge in [-0.05, 0) is 55.2 Å². The molecule has 2 heterocycles. The zero-order chi connectivity index (χ0) is 23.5. The lowest BCUT2D eigenvalue weighted by Crippen LogP contribution is -2.29. The molecule has 0 saturated heterocycles. The molecule has 4 rings (SSSR count). The second-order valence-electron chi connectivity index (χ2n) is 8.76. The molecular formula is C28H31NO4. The molecule has 1 aliphatic heterocycles. The van der Waals surface area contributed by atoms with E-state index < -0.39 is 6.04 Å².